The smallest absolute Gasteiger partial charge is 0.367 e. The third-order valence-corrected chi connectivity index (χ3v) is 7.26. The van der Waals surface area contributed by atoms with Gasteiger partial charge in [0.05, 0.1) is 16.6 Å². The molecule has 152 valence electrons. The molecule has 0 radical (unpaired) electrons. The van der Waals surface area contributed by atoms with Crippen molar-refractivity contribution >= 4 is 26.7 Å². The second-order valence-corrected chi connectivity index (χ2v) is 9.26. The van der Waals surface area contributed by atoms with E-state index in [1.807, 2.05) is 0 Å². The van der Waals surface area contributed by atoms with Crippen molar-refractivity contribution in [3.05, 3.63) is 48.4 Å². The number of nitrogens with one attached hydrogen (secondary N) is 1. The number of fused-ring (bicyclic) bond motifs is 1. The normalized spacial score (nSPS) is 18.8. The molecule has 6 nitrogen and oxygen atoms in total. The molecule has 1 aliphatic rings. The predicted octanol–water partition coefficient (Wildman–Crippen LogP) is 3.70. The minimum atomic E-state index is -4.41. The van der Waals surface area contributed by atoms with Crippen LogP contribution in [-0.2, 0) is 16.0 Å². The number of sulfone groups is 1. The number of aromatic nitrogens is 3. The van der Waals surface area contributed by atoms with Gasteiger partial charge in [-0.2, -0.15) is 13.2 Å². The molecule has 0 saturated carbocycles. The number of rotatable bonds is 4. The Balaban J connectivity index is 1.67. The molecule has 0 bridgehead atoms. The van der Waals surface area contributed by atoms with Crippen molar-refractivity contribution in [2.45, 2.75) is 24.3 Å². The predicted molar refractivity (Wildman–Crippen MR) is 103 cm³/mol. The Kier molecular flexibility index (Phi) is 4.89. The third kappa shape index (κ3) is 3.89. The minimum absolute atomic E-state index is 0.195. The van der Waals surface area contributed by atoms with Crippen molar-refractivity contribution in [3.8, 4) is 11.1 Å². The zero-order valence-electron chi connectivity index (χ0n) is 15.1. The molecule has 1 fully saturated rings. The van der Waals surface area contributed by atoms with Crippen LogP contribution in [0, 0.1) is 0 Å². The van der Waals surface area contributed by atoms with E-state index in [1.54, 1.807) is 0 Å². The Morgan fingerprint density at radius 1 is 1.03 bits per heavy atom. The lowest BCUT2D eigenvalue weighted by molar-refractivity contribution is -0.137. The van der Waals surface area contributed by atoms with E-state index in [0.717, 1.165) is 12.1 Å². The summed E-state index contributed by atoms with van der Waals surface area (Å²) in [6, 6.07) is 4.75. The van der Waals surface area contributed by atoms with Gasteiger partial charge in [-0.15, -0.1) is 0 Å². The first-order valence-electron chi connectivity index (χ1n) is 8.98. The summed E-state index contributed by atoms with van der Waals surface area (Å²) < 4.78 is 62.5. The van der Waals surface area contributed by atoms with Crippen LogP contribution in [0.25, 0.3) is 22.2 Å². The number of anilines is 1. The topological polar surface area (TPSA) is 84.8 Å². The van der Waals surface area contributed by atoms with Crippen molar-refractivity contribution in [2.24, 2.45) is 0 Å². The Hall–Kier alpha value is -2.75. The highest BCUT2D eigenvalue weighted by molar-refractivity contribution is 7.92. The molecule has 0 aliphatic carbocycles. The Morgan fingerprint density at radius 3 is 2.34 bits per heavy atom. The van der Waals surface area contributed by atoms with Crippen LogP contribution in [0.1, 0.15) is 18.4 Å². The molecule has 3 heterocycles. The van der Waals surface area contributed by atoms with Crippen molar-refractivity contribution in [2.75, 3.05) is 17.6 Å². The SMILES string of the molecule is O=S1(=O)CCCC1CNc1ncc(-c2ccc(C(F)(F)F)cc2)c2nccnc12. The zero-order chi connectivity index (χ0) is 20.6. The van der Waals surface area contributed by atoms with Crippen molar-refractivity contribution < 1.29 is 21.6 Å². The van der Waals surface area contributed by atoms with Crippen LogP contribution in [0.15, 0.2) is 42.9 Å². The number of alkyl halides is 3. The lowest BCUT2D eigenvalue weighted by Gasteiger charge is -2.14. The summed E-state index contributed by atoms with van der Waals surface area (Å²) in [5.74, 6) is 0.589. The second kappa shape index (κ2) is 7.25. The molecule has 1 N–H and O–H groups in total. The lowest BCUT2D eigenvalue weighted by atomic mass is 10.0. The standard InChI is InChI=1S/C19H17F3N4O2S/c20-19(21,22)13-5-3-12(4-6-13)15-11-26-18(17-16(15)23-7-8-24-17)25-10-14-2-1-9-29(14,27)28/h3-8,11,14H,1-2,9-10H2,(H,25,26). The van der Waals surface area contributed by atoms with Crippen molar-refractivity contribution in [3.63, 3.8) is 0 Å². The lowest BCUT2D eigenvalue weighted by Crippen LogP contribution is -2.25. The highest BCUT2D eigenvalue weighted by Crippen LogP contribution is 2.33. The van der Waals surface area contributed by atoms with E-state index in [9.17, 15) is 21.6 Å². The van der Waals surface area contributed by atoms with Crippen LogP contribution < -0.4 is 5.32 Å². The number of benzene rings is 1. The molecular formula is C19H17F3N4O2S. The van der Waals surface area contributed by atoms with Gasteiger partial charge in [-0.05, 0) is 30.5 Å². The number of pyridine rings is 1. The molecule has 4 rings (SSSR count). The molecule has 0 amide bonds. The largest absolute Gasteiger partial charge is 0.416 e. The molecule has 29 heavy (non-hydrogen) atoms. The molecule has 0 spiro atoms. The van der Waals surface area contributed by atoms with E-state index < -0.39 is 26.8 Å². The summed E-state index contributed by atoms with van der Waals surface area (Å²) in [4.78, 5) is 12.9. The first kappa shape index (κ1) is 19.6. The summed E-state index contributed by atoms with van der Waals surface area (Å²) in [6.45, 7) is 0.223. The van der Waals surface area contributed by atoms with Gasteiger partial charge in [-0.25, -0.2) is 18.4 Å². The fourth-order valence-corrected chi connectivity index (χ4v) is 5.20. The summed E-state index contributed by atoms with van der Waals surface area (Å²) in [7, 11) is -3.10. The molecule has 1 aliphatic heterocycles. The molecule has 1 atom stereocenters. The van der Waals surface area contributed by atoms with Crippen LogP contribution in [0.2, 0.25) is 0 Å². The second-order valence-electron chi connectivity index (χ2n) is 6.86. The van der Waals surface area contributed by atoms with Gasteiger partial charge in [0.2, 0.25) is 0 Å². The van der Waals surface area contributed by atoms with E-state index in [1.165, 1.54) is 30.7 Å². The van der Waals surface area contributed by atoms with Gasteiger partial charge >= 0.3 is 6.18 Å². The average Bonchev–Trinajstić information content (AvgIpc) is 3.03. The Bertz CT molecular complexity index is 1150. The molecule has 2 aromatic heterocycles. The van der Waals surface area contributed by atoms with Crippen LogP contribution in [0.4, 0.5) is 19.0 Å². The van der Waals surface area contributed by atoms with Gasteiger partial charge in [0.15, 0.2) is 15.7 Å². The molecular weight excluding hydrogens is 405 g/mol. The molecule has 1 saturated heterocycles. The summed E-state index contributed by atoms with van der Waals surface area (Å²) in [5, 5.41) is 2.58. The maximum Gasteiger partial charge on any atom is 0.416 e. The maximum absolute atomic E-state index is 12.8. The van der Waals surface area contributed by atoms with Gasteiger partial charge in [-0.3, -0.25) is 4.98 Å². The number of nitrogens with zero attached hydrogens (tertiary/aromatic N) is 3. The molecule has 1 unspecified atom stereocenters. The van der Waals surface area contributed by atoms with Crippen molar-refractivity contribution in [1.82, 2.24) is 15.0 Å². The quantitative estimate of drug-likeness (QED) is 0.690. The molecule has 3 aromatic rings. The minimum Gasteiger partial charge on any atom is -0.367 e. The number of hydrogen-bond acceptors (Lipinski definition) is 6. The molecule has 1 aromatic carbocycles. The van der Waals surface area contributed by atoms with E-state index >= 15 is 0 Å². The van der Waals surface area contributed by atoms with E-state index in [4.69, 9.17) is 0 Å². The first-order valence-corrected chi connectivity index (χ1v) is 10.7. The van der Waals surface area contributed by atoms with Gasteiger partial charge in [0, 0.05) is 30.7 Å². The van der Waals surface area contributed by atoms with Gasteiger partial charge in [0.25, 0.3) is 0 Å². The zero-order valence-corrected chi connectivity index (χ0v) is 16.0. The fourth-order valence-electron chi connectivity index (χ4n) is 3.44. The van der Waals surface area contributed by atoms with Crippen LogP contribution >= 0.6 is 0 Å². The molecule has 10 heteroatoms. The highest BCUT2D eigenvalue weighted by atomic mass is 32.2. The summed E-state index contributed by atoms with van der Waals surface area (Å²) in [6.07, 6.45) is 1.31. The Morgan fingerprint density at radius 2 is 1.72 bits per heavy atom. The monoisotopic (exact) mass is 422 g/mol. The first-order chi connectivity index (χ1) is 13.8. The van der Waals surface area contributed by atoms with Crippen LogP contribution in [0.3, 0.4) is 0 Å². The van der Waals surface area contributed by atoms with Crippen molar-refractivity contribution in [1.29, 1.82) is 0 Å². The number of hydrogen-bond donors (Lipinski definition) is 1. The number of halogens is 3. The maximum atomic E-state index is 12.8. The van der Waals surface area contributed by atoms with Gasteiger partial charge in [0.1, 0.15) is 11.0 Å². The average molecular weight is 422 g/mol. The summed E-state index contributed by atoms with van der Waals surface area (Å²) in [5.41, 5.74) is 1.24. The third-order valence-electron chi connectivity index (χ3n) is 4.98. The van der Waals surface area contributed by atoms with E-state index in [-0.39, 0.29) is 12.3 Å². The van der Waals surface area contributed by atoms with Gasteiger partial charge < -0.3 is 5.32 Å². The van der Waals surface area contributed by atoms with E-state index in [2.05, 4.69) is 20.3 Å². The van der Waals surface area contributed by atoms with Crippen LogP contribution in [0.5, 0.6) is 0 Å². The van der Waals surface area contributed by atoms with E-state index in [0.29, 0.717) is 40.8 Å². The van der Waals surface area contributed by atoms with Gasteiger partial charge in [-0.1, -0.05) is 12.1 Å². The highest BCUT2D eigenvalue weighted by Gasteiger charge is 2.31. The van der Waals surface area contributed by atoms with Crippen LogP contribution in [-0.4, -0.2) is 40.9 Å². The fraction of sp³-hybridized carbons (Fsp3) is 0.316. The Labute approximate surface area is 165 Å². The summed E-state index contributed by atoms with van der Waals surface area (Å²) >= 11 is 0.